The summed E-state index contributed by atoms with van der Waals surface area (Å²) >= 11 is 3.29. The second-order valence-electron chi connectivity index (χ2n) is 3.99. The van der Waals surface area contributed by atoms with Crippen LogP contribution in [0.5, 0.6) is 0 Å². The summed E-state index contributed by atoms with van der Waals surface area (Å²) < 4.78 is 19.7. The molecule has 100 valence electrons. The quantitative estimate of drug-likeness (QED) is 0.727. The normalized spacial score (nSPS) is 10.7. The summed E-state index contributed by atoms with van der Waals surface area (Å²) in [4.78, 5) is 8.27. The third-order valence-corrected chi connectivity index (χ3v) is 3.11. The fourth-order valence-electron chi connectivity index (χ4n) is 1.70. The summed E-state index contributed by atoms with van der Waals surface area (Å²) in [5, 5.41) is 3.79. The van der Waals surface area contributed by atoms with Crippen LogP contribution in [0, 0.1) is 5.82 Å². The minimum absolute atomic E-state index is 0.0281. The van der Waals surface area contributed by atoms with Crippen LogP contribution >= 0.6 is 15.9 Å². The zero-order chi connectivity index (χ0) is 14.1. The molecule has 7 heteroatoms. The van der Waals surface area contributed by atoms with Crippen molar-refractivity contribution in [2.24, 2.45) is 0 Å². The molecule has 0 aliphatic heterocycles. The second kappa shape index (κ2) is 5.01. The predicted molar refractivity (Wildman–Crippen MR) is 75.0 cm³/mol. The van der Waals surface area contributed by atoms with Gasteiger partial charge in [0.1, 0.15) is 11.5 Å². The summed E-state index contributed by atoms with van der Waals surface area (Å²) in [5.74, 6) is -0.209. The molecule has 0 saturated carbocycles. The number of nitrogens with two attached hydrogens (primary N) is 1. The molecule has 0 atom stereocenters. The zero-order valence-corrected chi connectivity index (χ0v) is 11.6. The highest BCUT2D eigenvalue weighted by Crippen LogP contribution is 2.28. The third kappa shape index (κ3) is 2.27. The van der Waals surface area contributed by atoms with Crippen LogP contribution in [-0.4, -0.2) is 15.1 Å². The van der Waals surface area contributed by atoms with Gasteiger partial charge in [-0.15, -0.1) is 0 Å². The van der Waals surface area contributed by atoms with E-state index in [1.54, 1.807) is 24.4 Å². The van der Waals surface area contributed by atoms with Crippen LogP contribution in [0.3, 0.4) is 0 Å². The zero-order valence-electron chi connectivity index (χ0n) is 10.0. The minimum Gasteiger partial charge on any atom is -0.398 e. The summed E-state index contributed by atoms with van der Waals surface area (Å²) in [6, 6.07) is 7.90. The molecule has 2 N–H and O–H groups in total. The van der Waals surface area contributed by atoms with E-state index in [9.17, 15) is 4.39 Å². The Bertz CT molecular complexity index is 737. The van der Waals surface area contributed by atoms with Crippen molar-refractivity contribution in [3.8, 4) is 23.0 Å². The first-order valence-corrected chi connectivity index (χ1v) is 6.44. The lowest BCUT2D eigenvalue weighted by Crippen LogP contribution is -1.93. The van der Waals surface area contributed by atoms with Crippen LogP contribution in [0.15, 0.2) is 45.5 Å². The van der Waals surface area contributed by atoms with Crippen molar-refractivity contribution in [3.63, 3.8) is 0 Å². The Kier molecular flexibility index (Phi) is 3.19. The van der Waals surface area contributed by atoms with Crippen LogP contribution in [0.1, 0.15) is 0 Å². The number of halogens is 2. The molecule has 0 radical (unpaired) electrons. The van der Waals surface area contributed by atoms with Crippen LogP contribution in [0.4, 0.5) is 10.1 Å². The lowest BCUT2D eigenvalue weighted by atomic mass is 10.1. The van der Waals surface area contributed by atoms with E-state index in [0.717, 1.165) is 4.47 Å². The van der Waals surface area contributed by atoms with E-state index in [-0.39, 0.29) is 23.0 Å². The fraction of sp³-hybridized carbons (Fsp3) is 0. The van der Waals surface area contributed by atoms with Crippen LogP contribution in [-0.2, 0) is 0 Å². The lowest BCUT2D eigenvalue weighted by Gasteiger charge is -2.00. The monoisotopic (exact) mass is 334 g/mol. The Morgan fingerprint density at radius 2 is 2.05 bits per heavy atom. The lowest BCUT2D eigenvalue weighted by molar-refractivity contribution is 0.429. The van der Waals surface area contributed by atoms with Gasteiger partial charge in [-0.25, -0.2) is 4.39 Å². The number of nitrogen functional groups attached to an aromatic ring is 1. The van der Waals surface area contributed by atoms with Crippen molar-refractivity contribution in [2.45, 2.75) is 0 Å². The summed E-state index contributed by atoms with van der Waals surface area (Å²) in [6.45, 7) is 0. The molecule has 20 heavy (non-hydrogen) atoms. The summed E-state index contributed by atoms with van der Waals surface area (Å²) in [6.07, 6.45) is 1.61. The average Bonchev–Trinajstić information content (AvgIpc) is 2.89. The number of aromatic nitrogens is 3. The van der Waals surface area contributed by atoms with Crippen molar-refractivity contribution in [3.05, 3.63) is 46.8 Å². The van der Waals surface area contributed by atoms with E-state index in [2.05, 4.69) is 31.1 Å². The van der Waals surface area contributed by atoms with E-state index in [1.165, 1.54) is 12.1 Å². The number of hydrogen-bond acceptors (Lipinski definition) is 5. The molecule has 0 amide bonds. The standard InChI is InChI=1S/C13H8BrFN4O/c14-7-4-5-10(17-6-7)12-18-13(20-19-12)11-8(15)2-1-3-9(11)16/h1-6H,16H2. The molecule has 0 saturated heterocycles. The highest BCUT2D eigenvalue weighted by Gasteiger charge is 2.17. The Labute approximate surface area is 121 Å². The van der Waals surface area contributed by atoms with Gasteiger partial charge < -0.3 is 10.3 Å². The molecule has 0 fully saturated rings. The number of anilines is 1. The van der Waals surface area contributed by atoms with Crippen LogP contribution in [0.2, 0.25) is 0 Å². The van der Waals surface area contributed by atoms with Crippen molar-refractivity contribution in [1.82, 2.24) is 15.1 Å². The van der Waals surface area contributed by atoms with Gasteiger partial charge >= 0.3 is 0 Å². The van der Waals surface area contributed by atoms with Crippen molar-refractivity contribution >= 4 is 21.6 Å². The van der Waals surface area contributed by atoms with Crippen molar-refractivity contribution in [2.75, 3.05) is 5.73 Å². The maximum absolute atomic E-state index is 13.8. The van der Waals surface area contributed by atoms with E-state index < -0.39 is 5.82 Å². The van der Waals surface area contributed by atoms with Crippen LogP contribution < -0.4 is 5.73 Å². The highest BCUT2D eigenvalue weighted by atomic mass is 79.9. The molecule has 0 bridgehead atoms. The van der Waals surface area contributed by atoms with Crippen molar-refractivity contribution in [1.29, 1.82) is 0 Å². The maximum Gasteiger partial charge on any atom is 0.263 e. The molecule has 0 spiro atoms. The number of benzene rings is 1. The maximum atomic E-state index is 13.8. The predicted octanol–water partition coefficient (Wildman–Crippen LogP) is 3.28. The average molecular weight is 335 g/mol. The number of nitrogens with zero attached hydrogens (tertiary/aromatic N) is 3. The van der Waals surface area contributed by atoms with E-state index >= 15 is 0 Å². The SMILES string of the molecule is Nc1cccc(F)c1-c1nc(-c2ccc(Br)cn2)no1. The second-order valence-corrected chi connectivity index (χ2v) is 4.90. The number of rotatable bonds is 2. The van der Waals surface area contributed by atoms with Gasteiger partial charge in [0.15, 0.2) is 0 Å². The third-order valence-electron chi connectivity index (χ3n) is 2.64. The van der Waals surface area contributed by atoms with Gasteiger partial charge in [0.25, 0.3) is 5.89 Å². The Morgan fingerprint density at radius 1 is 1.20 bits per heavy atom. The highest BCUT2D eigenvalue weighted by molar-refractivity contribution is 9.10. The Balaban J connectivity index is 2.04. The molecule has 3 aromatic rings. The molecule has 1 aromatic carbocycles. The Morgan fingerprint density at radius 3 is 2.75 bits per heavy atom. The van der Waals surface area contributed by atoms with E-state index in [0.29, 0.717) is 5.69 Å². The first kappa shape index (κ1) is 12.7. The van der Waals surface area contributed by atoms with E-state index in [1.807, 2.05) is 0 Å². The van der Waals surface area contributed by atoms with Crippen LogP contribution in [0.25, 0.3) is 23.0 Å². The molecular weight excluding hydrogens is 327 g/mol. The molecule has 3 rings (SSSR count). The van der Waals surface area contributed by atoms with E-state index in [4.69, 9.17) is 10.3 Å². The first-order chi connectivity index (χ1) is 9.65. The largest absolute Gasteiger partial charge is 0.398 e. The fourth-order valence-corrected chi connectivity index (χ4v) is 1.94. The van der Waals surface area contributed by atoms with Gasteiger partial charge in [0, 0.05) is 16.4 Å². The molecule has 5 nitrogen and oxygen atoms in total. The van der Waals surface area contributed by atoms with Gasteiger partial charge in [-0.1, -0.05) is 11.2 Å². The van der Waals surface area contributed by atoms with Crippen molar-refractivity contribution < 1.29 is 8.91 Å². The van der Waals surface area contributed by atoms with Gasteiger partial charge in [-0.3, -0.25) is 4.98 Å². The number of pyridine rings is 1. The molecule has 0 aliphatic rings. The van der Waals surface area contributed by atoms with Gasteiger partial charge in [-0.2, -0.15) is 4.98 Å². The van der Waals surface area contributed by atoms with Gasteiger partial charge in [0.2, 0.25) is 5.82 Å². The topological polar surface area (TPSA) is 77.8 Å². The molecule has 0 aliphatic carbocycles. The summed E-state index contributed by atoms with van der Waals surface area (Å²) in [7, 11) is 0. The minimum atomic E-state index is -0.510. The molecular formula is C13H8BrFN4O. The summed E-state index contributed by atoms with van der Waals surface area (Å²) in [5.41, 5.74) is 6.60. The number of hydrogen-bond donors (Lipinski definition) is 1. The molecule has 2 heterocycles. The smallest absolute Gasteiger partial charge is 0.263 e. The Hall–Kier alpha value is -2.28. The molecule has 0 unspecified atom stereocenters. The first-order valence-electron chi connectivity index (χ1n) is 5.65. The van der Waals surface area contributed by atoms with Gasteiger partial charge in [0.05, 0.1) is 5.56 Å². The molecule has 2 aromatic heterocycles. The van der Waals surface area contributed by atoms with Gasteiger partial charge in [-0.05, 0) is 40.2 Å².